The van der Waals surface area contributed by atoms with Gasteiger partial charge in [0.25, 0.3) is 0 Å². The van der Waals surface area contributed by atoms with E-state index in [-0.39, 0.29) is 17.6 Å². The largest absolute Gasteiger partial charge is 0.469 e. The Balaban J connectivity index is 2.32. The minimum absolute atomic E-state index is 0.0312. The summed E-state index contributed by atoms with van der Waals surface area (Å²) in [5, 5.41) is 48.7. The lowest BCUT2D eigenvalue weighted by Gasteiger charge is -2.41. The van der Waals surface area contributed by atoms with Crippen molar-refractivity contribution in [3.05, 3.63) is 23.5 Å². The van der Waals surface area contributed by atoms with Crippen molar-refractivity contribution < 1.29 is 58.8 Å². The molecule has 0 aromatic heterocycles. The molecule has 0 spiro atoms. The molecule has 1 saturated heterocycles. The Morgan fingerprint density at radius 1 is 1.10 bits per heavy atom. The molecule has 0 saturated carbocycles. The van der Waals surface area contributed by atoms with E-state index in [9.17, 15) is 35.1 Å². The van der Waals surface area contributed by atoms with Crippen LogP contribution in [0.25, 0.3) is 0 Å². The predicted octanol–water partition coefficient (Wildman–Crippen LogP) is -2.69. The molecule has 0 bridgehead atoms. The first-order valence-electron chi connectivity index (χ1n) is 9.06. The zero-order chi connectivity index (χ0) is 22.4. The normalized spacial score (nSPS) is 35.4. The van der Waals surface area contributed by atoms with Gasteiger partial charge in [0.05, 0.1) is 45.7 Å². The van der Waals surface area contributed by atoms with Crippen molar-refractivity contribution in [2.45, 2.75) is 43.4 Å². The van der Waals surface area contributed by atoms with E-state index in [4.69, 9.17) is 18.9 Å². The Morgan fingerprint density at radius 3 is 2.37 bits per heavy atom. The van der Waals surface area contributed by atoms with E-state index in [0.717, 1.165) is 13.4 Å². The molecule has 0 amide bonds. The van der Waals surface area contributed by atoms with Gasteiger partial charge in [-0.05, 0) is 0 Å². The number of aliphatic hydroxyl groups excluding tert-OH is 5. The average Bonchev–Trinajstić information content (AvgIpc) is 2.75. The maximum absolute atomic E-state index is 12.1. The Bertz CT molecular complexity index is 672. The van der Waals surface area contributed by atoms with E-state index in [0.29, 0.717) is 0 Å². The Morgan fingerprint density at radius 2 is 1.80 bits per heavy atom. The van der Waals surface area contributed by atoms with Gasteiger partial charge in [0.15, 0.2) is 6.29 Å². The van der Waals surface area contributed by atoms with Gasteiger partial charge in [0.2, 0.25) is 6.29 Å². The third kappa shape index (κ3) is 5.16. The Hall–Kier alpha value is -2.06. The van der Waals surface area contributed by atoms with Crippen LogP contribution in [-0.2, 0) is 33.3 Å². The third-order valence-corrected chi connectivity index (χ3v) is 4.82. The second kappa shape index (κ2) is 10.8. The minimum atomic E-state index is -1.70. The van der Waals surface area contributed by atoms with E-state index < -0.39 is 68.1 Å². The van der Waals surface area contributed by atoms with Gasteiger partial charge in [-0.15, -0.1) is 0 Å². The van der Waals surface area contributed by atoms with Gasteiger partial charge in [-0.1, -0.05) is 6.08 Å². The summed E-state index contributed by atoms with van der Waals surface area (Å²) in [4.78, 5) is 24.0. The van der Waals surface area contributed by atoms with E-state index in [1.807, 2.05) is 0 Å². The number of carbonyl (C=O) groups is 2. The molecule has 2 aliphatic rings. The summed E-state index contributed by atoms with van der Waals surface area (Å²) < 4.78 is 25.6. The molecule has 30 heavy (non-hydrogen) atoms. The van der Waals surface area contributed by atoms with Crippen LogP contribution < -0.4 is 0 Å². The molecule has 0 aromatic rings. The predicted molar refractivity (Wildman–Crippen MR) is 95.1 cm³/mol. The van der Waals surface area contributed by atoms with Crippen LogP contribution in [0.15, 0.2) is 23.5 Å². The van der Waals surface area contributed by atoms with Gasteiger partial charge in [0.1, 0.15) is 24.4 Å². The fraction of sp³-hybridized carbons (Fsp3) is 0.667. The number of ether oxygens (including phenoxy) is 5. The SMILES string of the molecule is COC(=O)CC1C(C(=O)OC)=CO[C@@H](O[C@@H]2O[C@H](CO)[C@@H](O)[C@H](O)[C@H]2O)/C1=C/CO. The number of hydrogen-bond donors (Lipinski definition) is 5. The van der Waals surface area contributed by atoms with Crippen molar-refractivity contribution in [3.63, 3.8) is 0 Å². The minimum Gasteiger partial charge on any atom is -0.469 e. The first kappa shape index (κ1) is 24.2. The zero-order valence-corrected chi connectivity index (χ0v) is 16.4. The number of rotatable bonds is 7. The second-order valence-electron chi connectivity index (χ2n) is 6.59. The van der Waals surface area contributed by atoms with Gasteiger partial charge >= 0.3 is 11.9 Å². The van der Waals surface area contributed by atoms with Crippen LogP contribution in [-0.4, -0.2) is 102 Å². The summed E-state index contributed by atoms with van der Waals surface area (Å²) in [6.07, 6.45) is -7.10. The number of aliphatic hydroxyl groups is 5. The molecule has 12 nitrogen and oxygen atoms in total. The lowest BCUT2D eigenvalue weighted by atomic mass is 9.86. The summed E-state index contributed by atoms with van der Waals surface area (Å²) in [5.41, 5.74) is 0.110. The fourth-order valence-corrected chi connectivity index (χ4v) is 3.18. The molecule has 7 atom stereocenters. The molecule has 0 radical (unpaired) electrons. The third-order valence-electron chi connectivity index (χ3n) is 4.82. The van der Waals surface area contributed by atoms with Crippen molar-refractivity contribution >= 4 is 11.9 Å². The van der Waals surface area contributed by atoms with Gasteiger partial charge < -0.3 is 49.2 Å². The number of hydrogen-bond acceptors (Lipinski definition) is 12. The Kier molecular flexibility index (Phi) is 8.73. The first-order chi connectivity index (χ1) is 14.3. The molecule has 1 unspecified atom stereocenters. The molecule has 12 heteroatoms. The van der Waals surface area contributed by atoms with Gasteiger partial charge in [-0.3, -0.25) is 4.79 Å². The molecular weight excluding hydrogens is 408 g/mol. The zero-order valence-electron chi connectivity index (χ0n) is 16.4. The molecule has 2 heterocycles. The summed E-state index contributed by atoms with van der Waals surface area (Å²) in [5.74, 6) is -2.38. The fourth-order valence-electron chi connectivity index (χ4n) is 3.18. The van der Waals surface area contributed by atoms with Crippen LogP contribution in [0, 0.1) is 5.92 Å². The maximum atomic E-state index is 12.1. The molecule has 5 N–H and O–H groups in total. The molecule has 2 rings (SSSR count). The van der Waals surface area contributed by atoms with Gasteiger partial charge in [0, 0.05) is 11.5 Å². The average molecular weight is 434 g/mol. The Labute approximate surface area is 171 Å². The second-order valence-corrected chi connectivity index (χ2v) is 6.59. The van der Waals surface area contributed by atoms with Crippen LogP contribution >= 0.6 is 0 Å². The van der Waals surface area contributed by atoms with Crippen LogP contribution in [0.2, 0.25) is 0 Å². The van der Waals surface area contributed by atoms with Crippen LogP contribution in [0.5, 0.6) is 0 Å². The highest BCUT2D eigenvalue weighted by molar-refractivity contribution is 5.90. The van der Waals surface area contributed by atoms with Crippen molar-refractivity contribution in [1.82, 2.24) is 0 Å². The highest BCUT2D eigenvalue weighted by Gasteiger charge is 2.46. The van der Waals surface area contributed by atoms with Crippen molar-refractivity contribution in [3.8, 4) is 0 Å². The highest BCUT2D eigenvalue weighted by atomic mass is 16.8. The molecule has 0 aromatic carbocycles. The standard InChI is InChI=1S/C18H26O12/c1-26-12(21)5-9-8(3-4-19)17(28-7-10(9)16(25)27-2)30-18-15(24)14(23)13(22)11(6-20)29-18/h3,7,9,11,13-15,17-20,22-24H,4-6H2,1-2H3/b8-3+/t9?,11-,13-,14+,15-,17+,18+/m1/s1. The maximum Gasteiger partial charge on any atom is 0.337 e. The number of carbonyl (C=O) groups excluding carboxylic acids is 2. The lowest BCUT2D eigenvalue weighted by Crippen LogP contribution is -2.60. The number of esters is 2. The lowest BCUT2D eigenvalue weighted by molar-refractivity contribution is -0.327. The van der Waals surface area contributed by atoms with Crippen molar-refractivity contribution in [1.29, 1.82) is 0 Å². The first-order valence-corrected chi connectivity index (χ1v) is 9.06. The van der Waals surface area contributed by atoms with E-state index in [1.165, 1.54) is 13.2 Å². The highest BCUT2D eigenvalue weighted by Crippen LogP contribution is 2.36. The molecule has 1 fully saturated rings. The summed E-state index contributed by atoms with van der Waals surface area (Å²) in [6.45, 7) is -1.16. The quantitative estimate of drug-likeness (QED) is 0.207. The molecule has 2 aliphatic heterocycles. The van der Waals surface area contributed by atoms with Crippen molar-refractivity contribution in [2.75, 3.05) is 27.4 Å². The molecule has 0 aliphatic carbocycles. The van der Waals surface area contributed by atoms with Gasteiger partial charge in [-0.2, -0.15) is 0 Å². The monoisotopic (exact) mass is 434 g/mol. The summed E-state index contributed by atoms with van der Waals surface area (Å²) >= 11 is 0. The van der Waals surface area contributed by atoms with Crippen LogP contribution in [0.4, 0.5) is 0 Å². The molecule has 170 valence electrons. The molecular formula is C18H26O12. The van der Waals surface area contributed by atoms with Crippen molar-refractivity contribution in [2.24, 2.45) is 5.92 Å². The van der Waals surface area contributed by atoms with E-state index in [1.54, 1.807) is 0 Å². The number of methoxy groups -OCH3 is 2. The van der Waals surface area contributed by atoms with Crippen LogP contribution in [0.1, 0.15) is 6.42 Å². The van der Waals surface area contributed by atoms with Gasteiger partial charge in [-0.25, -0.2) is 4.79 Å². The summed E-state index contributed by atoms with van der Waals surface area (Å²) in [6, 6.07) is 0. The summed E-state index contributed by atoms with van der Waals surface area (Å²) in [7, 11) is 2.31. The topological polar surface area (TPSA) is 181 Å². The smallest absolute Gasteiger partial charge is 0.337 e. The van der Waals surface area contributed by atoms with E-state index >= 15 is 0 Å². The van der Waals surface area contributed by atoms with Crippen LogP contribution in [0.3, 0.4) is 0 Å². The van der Waals surface area contributed by atoms with E-state index in [2.05, 4.69) is 4.74 Å².